The van der Waals surface area contributed by atoms with Gasteiger partial charge in [0.2, 0.25) is 0 Å². The summed E-state index contributed by atoms with van der Waals surface area (Å²) in [4.78, 5) is 46.3. The summed E-state index contributed by atoms with van der Waals surface area (Å²) in [6, 6.07) is 11.3. The fourth-order valence-electron chi connectivity index (χ4n) is 3.39. The molecule has 0 fully saturated rings. The van der Waals surface area contributed by atoms with Gasteiger partial charge in [-0.05, 0) is 42.5 Å². The molecule has 1 aliphatic carbocycles. The van der Waals surface area contributed by atoms with E-state index in [2.05, 4.69) is 10.6 Å². The quantitative estimate of drug-likeness (QED) is 0.383. The highest BCUT2D eigenvalue weighted by molar-refractivity contribution is 6.32. The van der Waals surface area contributed by atoms with Gasteiger partial charge in [0, 0.05) is 11.6 Å². The molecular weight excluding hydrogens is 426 g/mol. The van der Waals surface area contributed by atoms with Crippen LogP contribution >= 0.6 is 11.6 Å². The van der Waals surface area contributed by atoms with Gasteiger partial charge in [-0.15, -0.1) is 0 Å². The number of nitro benzene ring substituents is 1. The van der Waals surface area contributed by atoms with Crippen LogP contribution in [0.1, 0.15) is 40.4 Å². The Morgan fingerprint density at radius 2 is 1.97 bits per heavy atom. The summed E-state index contributed by atoms with van der Waals surface area (Å²) in [5, 5.41) is 16.0. The van der Waals surface area contributed by atoms with E-state index in [1.807, 2.05) is 24.3 Å². The number of nitrogens with zero attached hydrogens (tertiary/aromatic N) is 1. The van der Waals surface area contributed by atoms with Crippen molar-refractivity contribution < 1.29 is 24.0 Å². The van der Waals surface area contributed by atoms with Crippen molar-refractivity contribution in [3.63, 3.8) is 0 Å². The van der Waals surface area contributed by atoms with Crippen LogP contribution in [0, 0.1) is 10.1 Å². The van der Waals surface area contributed by atoms with Crippen LogP contribution < -0.4 is 10.6 Å². The van der Waals surface area contributed by atoms with Gasteiger partial charge in [0.25, 0.3) is 17.5 Å². The Labute approximate surface area is 182 Å². The zero-order chi connectivity index (χ0) is 22.4. The molecular formula is C21H20ClN3O6. The van der Waals surface area contributed by atoms with Gasteiger partial charge < -0.3 is 15.4 Å². The number of nitro groups is 1. The number of ether oxygens (including phenoxy) is 1. The van der Waals surface area contributed by atoms with Crippen molar-refractivity contribution in [1.29, 1.82) is 0 Å². The predicted octanol–water partition coefficient (Wildman–Crippen LogP) is 2.72. The second kappa shape index (κ2) is 10.0. The van der Waals surface area contributed by atoms with E-state index in [0.29, 0.717) is 0 Å². The number of nitrogens with one attached hydrogen (secondary N) is 2. The van der Waals surface area contributed by atoms with E-state index in [9.17, 15) is 24.5 Å². The third kappa shape index (κ3) is 5.79. The molecule has 0 unspecified atom stereocenters. The van der Waals surface area contributed by atoms with Crippen LogP contribution in [0.4, 0.5) is 5.69 Å². The van der Waals surface area contributed by atoms with Crippen LogP contribution in [-0.4, -0.2) is 35.9 Å². The highest BCUT2D eigenvalue weighted by atomic mass is 35.5. The number of amides is 2. The Morgan fingerprint density at radius 3 is 2.74 bits per heavy atom. The summed E-state index contributed by atoms with van der Waals surface area (Å²) in [6.45, 7) is -0.964. The number of halogens is 1. The second-order valence-electron chi connectivity index (χ2n) is 6.98. The molecule has 0 radical (unpaired) electrons. The number of rotatable bonds is 7. The van der Waals surface area contributed by atoms with E-state index < -0.39 is 41.5 Å². The molecule has 31 heavy (non-hydrogen) atoms. The minimum atomic E-state index is -0.809. The average Bonchev–Trinajstić information content (AvgIpc) is 2.76. The van der Waals surface area contributed by atoms with Gasteiger partial charge in [0.05, 0.1) is 11.0 Å². The SMILES string of the molecule is O=C(COC(=O)CNC(=O)c1ccc(Cl)c([N+](=O)[O-])c1)N[C@@H]1CCCc2ccccc21. The molecule has 2 aromatic carbocycles. The molecule has 0 heterocycles. The minimum absolute atomic E-state index is 0.0300. The van der Waals surface area contributed by atoms with Crippen LogP contribution in [0.2, 0.25) is 5.02 Å². The molecule has 1 aliphatic rings. The van der Waals surface area contributed by atoms with Crippen molar-refractivity contribution in [3.8, 4) is 0 Å². The monoisotopic (exact) mass is 445 g/mol. The highest BCUT2D eigenvalue weighted by Crippen LogP contribution is 2.29. The van der Waals surface area contributed by atoms with Crippen molar-refractivity contribution in [2.45, 2.75) is 25.3 Å². The van der Waals surface area contributed by atoms with Gasteiger partial charge in [0.1, 0.15) is 11.6 Å². The van der Waals surface area contributed by atoms with E-state index in [0.717, 1.165) is 30.9 Å². The van der Waals surface area contributed by atoms with Crippen LogP contribution in [0.5, 0.6) is 0 Å². The molecule has 1 atom stereocenters. The van der Waals surface area contributed by atoms with Crippen molar-refractivity contribution in [2.24, 2.45) is 0 Å². The summed E-state index contributed by atoms with van der Waals surface area (Å²) >= 11 is 5.71. The first-order chi connectivity index (χ1) is 14.8. The number of hydrogen-bond acceptors (Lipinski definition) is 6. The lowest BCUT2D eigenvalue weighted by Crippen LogP contribution is -2.36. The van der Waals surface area contributed by atoms with Gasteiger partial charge in [-0.3, -0.25) is 24.5 Å². The van der Waals surface area contributed by atoms with Crippen LogP contribution in [0.15, 0.2) is 42.5 Å². The number of carbonyl (C=O) groups is 3. The fourth-order valence-corrected chi connectivity index (χ4v) is 3.57. The third-order valence-corrected chi connectivity index (χ3v) is 5.19. The topological polar surface area (TPSA) is 128 Å². The summed E-state index contributed by atoms with van der Waals surface area (Å²) in [7, 11) is 0. The number of aryl methyl sites for hydroxylation is 1. The van der Waals surface area contributed by atoms with Crippen molar-refractivity contribution in [3.05, 3.63) is 74.3 Å². The van der Waals surface area contributed by atoms with Gasteiger partial charge >= 0.3 is 5.97 Å². The molecule has 9 nitrogen and oxygen atoms in total. The summed E-state index contributed by atoms with van der Waals surface area (Å²) in [5.74, 6) is -1.95. The molecule has 0 aromatic heterocycles. The highest BCUT2D eigenvalue weighted by Gasteiger charge is 2.22. The normalized spacial score (nSPS) is 14.8. The molecule has 0 spiro atoms. The first kappa shape index (κ1) is 22.2. The first-order valence-corrected chi connectivity index (χ1v) is 9.98. The van der Waals surface area contributed by atoms with Gasteiger partial charge in [-0.25, -0.2) is 0 Å². The lowest BCUT2D eigenvalue weighted by Gasteiger charge is -2.26. The second-order valence-corrected chi connectivity index (χ2v) is 7.39. The Kier molecular flexibility index (Phi) is 7.19. The van der Waals surface area contributed by atoms with E-state index in [-0.39, 0.29) is 16.6 Å². The van der Waals surface area contributed by atoms with Crippen LogP contribution in [-0.2, 0) is 20.7 Å². The fraction of sp³-hybridized carbons (Fsp3) is 0.286. The Morgan fingerprint density at radius 1 is 1.19 bits per heavy atom. The lowest BCUT2D eigenvalue weighted by molar-refractivity contribution is -0.384. The van der Waals surface area contributed by atoms with E-state index in [1.54, 1.807) is 0 Å². The molecule has 2 aromatic rings. The standard InChI is InChI=1S/C21H20ClN3O6/c22-16-9-8-14(10-18(16)25(29)30)21(28)23-11-20(27)31-12-19(26)24-17-7-3-5-13-4-1-2-6-15(13)17/h1-2,4,6,8-10,17H,3,5,7,11-12H2,(H,23,28)(H,24,26)/t17-/m1/s1. The zero-order valence-corrected chi connectivity index (χ0v) is 17.2. The number of hydrogen-bond donors (Lipinski definition) is 2. The largest absolute Gasteiger partial charge is 0.454 e. The van der Waals surface area contributed by atoms with Crippen molar-refractivity contribution in [1.82, 2.24) is 10.6 Å². The van der Waals surface area contributed by atoms with E-state index in [4.69, 9.17) is 16.3 Å². The Hall–Kier alpha value is -3.46. The molecule has 0 bridgehead atoms. The maximum absolute atomic E-state index is 12.2. The first-order valence-electron chi connectivity index (χ1n) is 9.60. The van der Waals surface area contributed by atoms with Gasteiger partial charge in [-0.1, -0.05) is 35.9 Å². The molecule has 162 valence electrons. The number of fused-ring (bicyclic) bond motifs is 1. The summed E-state index contributed by atoms with van der Waals surface area (Å²) in [5.41, 5.74) is 1.81. The molecule has 3 rings (SSSR count). The maximum atomic E-state index is 12.2. The zero-order valence-electron chi connectivity index (χ0n) is 16.4. The molecule has 10 heteroatoms. The van der Waals surface area contributed by atoms with Crippen LogP contribution in [0.3, 0.4) is 0 Å². The molecule has 0 saturated carbocycles. The van der Waals surface area contributed by atoms with Crippen molar-refractivity contribution >= 4 is 35.1 Å². The van der Waals surface area contributed by atoms with E-state index in [1.165, 1.54) is 17.7 Å². The molecule has 2 amide bonds. The Balaban J connectivity index is 1.45. The van der Waals surface area contributed by atoms with Gasteiger partial charge in [0.15, 0.2) is 6.61 Å². The molecule has 0 saturated heterocycles. The van der Waals surface area contributed by atoms with Crippen molar-refractivity contribution in [2.75, 3.05) is 13.2 Å². The number of esters is 1. The molecule has 0 aliphatic heterocycles. The van der Waals surface area contributed by atoms with Crippen LogP contribution in [0.25, 0.3) is 0 Å². The third-order valence-electron chi connectivity index (χ3n) is 4.87. The predicted molar refractivity (Wildman–Crippen MR) is 112 cm³/mol. The molecule has 2 N–H and O–H groups in total. The van der Waals surface area contributed by atoms with Gasteiger partial charge in [-0.2, -0.15) is 0 Å². The Bertz CT molecular complexity index is 1030. The average molecular weight is 446 g/mol. The summed E-state index contributed by atoms with van der Waals surface area (Å²) < 4.78 is 4.91. The minimum Gasteiger partial charge on any atom is -0.454 e. The van der Waals surface area contributed by atoms with E-state index >= 15 is 0 Å². The number of benzene rings is 2. The maximum Gasteiger partial charge on any atom is 0.325 e. The number of carbonyl (C=O) groups excluding carboxylic acids is 3. The smallest absolute Gasteiger partial charge is 0.325 e. The summed E-state index contributed by atoms with van der Waals surface area (Å²) in [6.07, 6.45) is 2.73. The lowest BCUT2D eigenvalue weighted by atomic mass is 9.88.